The summed E-state index contributed by atoms with van der Waals surface area (Å²) in [7, 11) is 0. The smallest absolute Gasteiger partial charge is 0.266 e. The summed E-state index contributed by atoms with van der Waals surface area (Å²) in [6.45, 7) is 0.646. The first kappa shape index (κ1) is 16.4. The van der Waals surface area contributed by atoms with Crippen molar-refractivity contribution >= 4 is 34.2 Å². The summed E-state index contributed by atoms with van der Waals surface area (Å²) >= 11 is 5.96. The lowest BCUT2D eigenvalue weighted by molar-refractivity contribution is 0.0954. The summed E-state index contributed by atoms with van der Waals surface area (Å²) in [5.41, 5.74) is 6.37. The fraction of sp³-hybridized carbons (Fsp3) is 0.111. The van der Waals surface area contributed by atoms with Crippen LogP contribution in [0.5, 0.6) is 0 Å². The van der Waals surface area contributed by atoms with Crippen molar-refractivity contribution in [2.45, 2.75) is 0 Å². The van der Waals surface area contributed by atoms with Crippen molar-refractivity contribution in [1.29, 1.82) is 0 Å². The molecule has 1 aromatic heterocycles. The van der Waals surface area contributed by atoms with E-state index >= 15 is 0 Å². The molecular weight excluding hydrogens is 356 g/mol. The molecule has 7 nitrogen and oxygen atoms in total. The molecule has 0 atom stereocenters. The summed E-state index contributed by atoms with van der Waals surface area (Å²) in [4.78, 5) is 42.0. The molecule has 0 saturated heterocycles. The summed E-state index contributed by atoms with van der Waals surface area (Å²) < 4.78 is 1.27. The van der Waals surface area contributed by atoms with Gasteiger partial charge in [0, 0.05) is 23.7 Å². The molecule has 3 aromatic rings. The number of hydrogen-bond donors (Lipinski definition) is 2. The van der Waals surface area contributed by atoms with Crippen LogP contribution in [-0.2, 0) is 0 Å². The van der Waals surface area contributed by atoms with Gasteiger partial charge in [0.1, 0.15) is 0 Å². The van der Waals surface area contributed by atoms with E-state index in [2.05, 4.69) is 10.3 Å². The summed E-state index contributed by atoms with van der Waals surface area (Å²) in [6.07, 6.45) is 0. The molecule has 1 aliphatic heterocycles. The molecule has 0 bridgehead atoms. The summed E-state index contributed by atoms with van der Waals surface area (Å²) in [6, 6.07) is 9.33. The van der Waals surface area contributed by atoms with Crippen molar-refractivity contribution < 1.29 is 9.59 Å². The monoisotopic (exact) mass is 368 g/mol. The molecule has 0 unspecified atom stereocenters. The number of nitrogens with two attached hydrogens (primary N) is 1. The number of carbonyl (C=O) groups excluding carboxylic acids is 2. The molecule has 0 fully saturated rings. The lowest BCUT2D eigenvalue weighted by Gasteiger charge is -2.07. The van der Waals surface area contributed by atoms with E-state index in [1.54, 1.807) is 30.3 Å². The van der Waals surface area contributed by atoms with Gasteiger partial charge in [-0.2, -0.15) is 0 Å². The average molecular weight is 369 g/mol. The van der Waals surface area contributed by atoms with Crippen LogP contribution in [0, 0.1) is 0 Å². The van der Waals surface area contributed by atoms with Crippen molar-refractivity contribution in [2.75, 3.05) is 13.1 Å². The van der Waals surface area contributed by atoms with Gasteiger partial charge in [0.05, 0.1) is 22.2 Å². The van der Waals surface area contributed by atoms with Crippen LogP contribution in [0.2, 0.25) is 5.02 Å². The van der Waals surface area contributed by atoms with Crippen LogP contribution in [0.25, 0.3) is 16.6 Å². The van der Waals surface area contributed by atoms with Gasteiger partial charge in [0.25, 0.3) is 11.5 Å². The third kappa shape index (κ3) is 2.40. The predicted molar refractivity (Wildman–Crippen MR) is 97.2 cm³/mol. The third-order valence-electron chi connectivity index (χ3n) is 4.21. The molecule has 3 N–H and O–H groups in total. The highest BCUT2D eigenvalue weighted by Crippen LogP contribution is 2.27. The van der Waals surface area contributed by atoms with E-state index in [0.29, 0.717) is 40.3 Å². The lowest BCUT2D eigenvalue weighted by Crippen LogP contribution is -2.29. The maximum atomic E-state index is 12.8. The van der Waals surface area contributed by atoms with Crippen LogP contribution in [0.15, 0.2) is 41.2 Å². The minimum absolute atomic E-state index is 0.0132. The van der Waals surface area contributed by atoms with E-state index in [1.165, 1.54) is 10.6 Å². The number of aromatic nitrogens is 2. The number of carbonyl (C=O) groups is 2. The van der Waals surface area contributed by atoms with Gasteiger partial charge in [-0.15, -0.1) is 0 Å². The fourth-order valence-electron chi connectivity index (χ4n) is 3.00. The zero-order valence-electron chi connectivity index (χ0n) is 13.5. The second kappa shape index (κ2) is 6.05. The fourth-order valence-corrected chi connectivity index (χ4v) is 3.16. The minimum Gasteiger partial charge on any atom is -0.351 e. The number of benzene rings is 2. The zero-order valence-corrected chi connectivity index (χ0v) is 14.2. The highest BCUT2D eigenvalue weighted by molar-refractivity contribution is 6.31. The molecule has 1 amide bonds. The minimum atomic E-state index is -0.410. The predicted octanol–water partition coefficient (Wildman–Crippen LogP) is 1.27. The normalized spacial score (nSPS) is 12.2. The van der Waals surface area contributed by atoms with Crippen molar-refractivity contribution in [3.8, 4) is 5.69 Å². The van der Waals surface area contributed by atoms with E-state index in [0.717, 1.165) is 0 Å². The van der Waals surface area contributed by atoms with Crippen molar-refractivity contribution in [1.82, 2.24) is 14.9 Å². The maximum absolute atomic E-state index is 12.8. The van der Waals surface area contributed by atoms with Crippen LogP contribution in [0.4, 0.5) is 0 Å². The van der Waals surface area contributed by atoms with Gasteiger partial charge in [-0.1, -0.05) is 11.6 Å². The standard InChI is InChI=1S/C18H13ClN4O3/c19-10-2-3-11-13(8-10)22-16-15(24)12-7-9(17(25)21-6-5-20)1-4-14(12)23(16)18(11)26/h1-4,7-8H,5-6,20H2,(H,21,25). The Labute approximate surface area is 152 Å². The molecule has 0 spiro atoms. The molecule has 0 aliphatic carbocycles. The van der Waals surface area contributed by atoms with Crippen LogP contribution in [0.1, 0.15) is 26.5 Å². The number of nitrogens with zero attached hydrogens (tertiary/aromatic N) is 2. The summed E-state index contributed by atoms with van der Waals surface area (Å²) in [5, 5.41) is 3.44. The Morgan fingerprint density at radius 1 is 1.19 bits per heavy atom. The number of rotatable bonds is 3. The Kier molecular flexibility index (Phi) is 3.82. The average Bonchev–Trinajstić information content (AvgIpc) is 2.91. The van der Waals surface area contributed by atoms with E-state index in [4.69, 9.17) is 17.3 Å². The largest absolute Gasteiger partial charge is 0.351 e. The van der Waals surface area contributed by atoms with Crippen molar-refractivity contribution in [3.05, 3.63) is 68.7 Å². The first-order valence-corrected chi connectivity index (χ1v) is 8.29. The molecule has 4 rings (SSSR count). The second-order valence-electron chi connectivity index (χ2n) is 5.84. The second-order valence-corrected chi connectivity index (χ2v) is 6.28. The first-order chi connectivity index (χ1) is 12.5. The Balaban J connectivity index is 1.88. The molecular formula is C18H13ClN4O3. The topological polar surface area (TPSA) is 107 Å². The quantitative estimate of drug-likeness (QED) is 0.566. The molecule has 8 heteroatoms. The van der Waals surface area contributed by atoms with Gasteiger partial charge in [-0.05, 0) is 36.4 Å². The highest BCUT2D eigenvalue weighted by atomic mass is 35.5. The molecule has 0 radical (unpaired) electrons. The number of nitrogens with one attached hydrogen (secondary N) is 1. The SMILES string of the molecule is NCCNC(=O)c1ccc2c(c1)C(=O)c1nc3cc(Cl)ccc3c(=O)n1-2. The number of amides is 1. The molecule has 0 saturated carbocycles. The Hall–Kier alpha value is -3.03. The number of halogens is 1. The van der Waals surface area contributed by atoms with Gasteiger partial charge >= 0.3 is 0 Å². The van der Waals surface area contributed by atoms with Crippen LogP contribution in [-0.4, -0.2) is 34.3 Å². The van der Waals surface area contributed by atoms with Crippen molar-refractivity contribution in [2.24, 2.45) is 5.73 Å². The van der Waals surface area contributed by atoms with Gasteiger partial charge in [-0.25, -0.2) is 4.98 Å². The van der Waals surface area contributed by atoms with E-state index in [9.17, 15) is 14.4 Å². The van der Waals surface area contributed by atoms with Crippen LogP contribution in [0.3, 0.4) is 0 Å². The Bertz CT molecular complexity index is 1150. The van der Waals surface area contributed by atoms with Crippen LogP contribution < -0.4 is 16.6 Å². The van der Waals surface area contributed by atoms with Gasteiger partial charge < -0.3 is 11.1 Å². The maximum Gasteiger partial charge on any atom is 0.266 e. The van der Waals surface area contributed by atoms with Crippen molar-refractivity contribution in [3.63, 3.8) is 0 Å². The number of hydrogen-bond acceptors (Lipinski definition) is 5. The Morgan fingerprint density at radius 3 is 2.77 bits per heavy atom. The molecule has 2 aromatic carbocycles. The van der Waals surface area contributed by atoms with E-state index in [1.807, 2.05) is 0 Å². The molecule has 130 valence electrons. The third-order valence-corrected chi connectivity index (χ3v) is 4.44. The van der Waals surface area contributed by atoms with Gasteiger partial charge in [0.2, 0.25) is 5.78 Å². The number of ketones is 1. The van der Waals surface area contributed by atoms with E-state index < -0.39 is 5.78 Å². The van der Waals surface area contributed by atoms with Crippen LogP contribution >= 0.6 is 11.6 Å². The molecule has 1 aliphatic rings. The van der Waals surface area contributed by atoms with Gasteiger partial charge in [-0.3, -0.25) is 19.0 Å². The summed E-state index contributed by atoms with van der Waals surface area (Å²) in [5.74, 6) is -0.731. The zero-order chi connectivity index (χ0) is 18.4. The van der Waals surface area contributed by atoms with E-state index in [-0.39, 0.29) is 22.9 Å². The highest BCUT2D eigenvalue weighted by Gasteiger charge is 2.31. The lowest BCUT2D eigenvalue weighted by atomic mass is 10.1. The number of fused-ring (bicyclic) bond motifs is 4. The Morgan fingerprint density at radius 2 is 2.00 bits per heavy atom. The molecule has 26 heavy (non-hydrogen) atoms. The van der Waals surface area contributed by atoms with Gasteiger partial charge in [0.15, 0.2) is 5.82 Å². The molecule has 2 heterocycles. The first-order valence-electron chi connectivity index (χ1n) is 7.91.